The van der Waals surface area contributed by atoms with E-state index in [0.29, 0.717) is 5.69 Å². The summed E-state index contributed by atoms with van der Waals surface area (Å²) in [5.74, 6) is -1.45. The molecule has 1 aromatic rings. The molecule has 0 saturated heterocycles. The molecule has 94 valence electrons. The Balaban J connectivity index is 2.72. The lowest BCUT2D eigenvalue weighted by Gasteiger charge is -2.10. The van der Waals surface area contributed by atoms with Crippen LogP contribution < -0.4 is 5.32 Å². The van der Waals surface area contributed by atoms with E-state index in [0.717, 1.165) is 6.07 Å². The Morgan fingerprint density at radius 2 is 2.29 bits per heavy atom. The zero-order valence-corrected chi connectivity index (χ0v) is 9.31. The highest BCUT2D eigenvalue weighted by molar-refractivity contribution is 5.90. The molecule has 0 amide bonds. The van der Waals surface area contributed by atoms with Crippen LogP contribution in [0.2, 0.25) is 0 Å². The second kappa shape index (κ2) is 6.17. The number of esters is 1. The number of benzene rings is 1. The maximum atomic E-state index is 13.4. The van der Waals surface area contributed by atoms with Gasteiger partial charge in [-0.2, -0.15) is 0 Å². The molecule has 0 aliphatic carbocycles. The van der Waals surface area contributed by atoms with E-state index in [9.17, 15) is 9.18 Å². The predicted octanol–water partition coefficient (Wildman–Crippen LogP) is 0.377. The summed E-state index contributed by atoms with van der Waals surface area (Å²) >= 11 is 0. The Bertz CT molecular complexity index is 397. The van der Waals surface area contributed by atoms with Crippen molar-refractivity contribution in [3.8, 4) is 0 Å². The number of aliphatic hydroxyl groups excluding tert-OH is 2. The lowest BCUT2D eigenvalue weighted by Crippen LogP contribution is -2.23. The number of hydrogen-bond donors (Lipinski definition) is 3. The number of anilines is 1. The molecular formula is C11H14FNO4. The average Bonchev–Trinajstić information content (AvgIpc) is 2.35. The van der Waals surface area contributed by atoms with Crippen molar-refractivity contribution in [1.29, 1.82) is 0 Å². The van der Waals surface area contributed by atoms with Crippen molar-refractivity contribution in [1.82, 2.24) is 0 Å². The SMILES string of the molecule is COC(=O)c1ccc(NCC(O)CO)cc1F. The highest BCUT2D eigenvalue weighted by atomic mass is 19.1. The summed E-state index contributed by atoms with van der Waals surface area (Å²) in [5.41, 5.74) is 0.253. The quantitative estimate of drug-likeness (QED) is 0.651. The molecule has 1 unspecified atom stereocenters. The lowest BCUT2D eigenvalue weighted by atomic mass is 10.2. The van der Waals surface area contributed by atoms with E-state index < -0.39 is 17.9 Å². The molecule has 0 radical (unpaired) electrons. The molecule has 0 aliphatic rings. The van der Waals surface area contributed by atoms with Gasteiger partial charge in [-0.05, 0) is 18.2 Å². The van der Waals surface area contributed by atoms with Gasteiger partial charge in [0.25, 0.3) is 0 Å². The third kappa shape index (κ3) is 3.69. The summed E-state index contributed by atoms with van der Waals surface area (Å²) in [5, 5.41) is 20.4. The van der Waals surface area contributed by atoms with Gasteiger partial charge in [0.05, 0.1) is 25.4 Å². The summed E-state index contributed by atoms with van der Waals surface area (Å²) in [7, 11) is 1.17. The Morgan fingerprint density at radius 1 is 1.59 bits per heavy atom. The molecule has 0 aromatic heterocycles. The summed E-state index contributed by atoms with van der Waals surface area (Å²) in [6.07, 6.45) is -0.918. The molecule has 0 saturated carbocycles. The fraction of sp³-hybridized carbons (Fsp3) is 0.364. The Labute approximate surface area is 97.8 Å². The van der Waals surface area contributed by atoms with Crippen LogP contribution in [-0.4, -0.2) is 42.5 Å². The van der Waals surface area contributed by atoms with Crippen LogP contribution in [0.4, 0.5) is 10.1 Å². The van der Waals surface area contributed by atoms with Crippen LogP contribution in [0, 0.1) is 5.82 Å². The van der Waals surface area contributed by atoms with Crippen molar-refractivity contribution in [3.05, 3.63) is 29.6 Å². The van der Waals surface area contributed by atoms with Gasteiger partial charge in [0.1, 0.15) is 5.82 Å². The second-order valence-electron chi connectivity index (χ2n) is 3.40. The molecule has 6 heteroatoms. The van der Waals surface area contributed by atoms with Gasteiger partial charge in [-0.15, -0.1) is 0 Å². The van der Waals surface area contributed by atoms with E-state index in [-0.39, 0.29) is 18.7 Å². The molecule has 17 heavy (non-hydrogen) atoms. The number of ether oxygens (including phenoxy) is 1. The molecule has 5 nitrogen and oxygen atoms in total. The monoisotopic (exact) mass is 243 g/mol. The Morgan fingerprint density at radius 3 is 2.82 bits per heavy atom. The number of nitrogens with one attached hydrogen (secondary N) is 1. The summed E-state index contributed by atoms with van der Waals surface area (Å²) in [6.45, 7) is -0.288. The fourth-order valence-electron chi connectivity index (χ4n) is 1.20. The van der Waals surface area contributed by atoms with E-state index in [1.54, 1.807) is 0 Å². The van der Waals surface area contributed by atoms with Crippen LogP contribution in [0.15, 0.2) is 18.2 Å². The number of hydrogen-bond acceptors (Lipinski definition) is 5. The van der Waals surface area contributed by atoms with Crippen molar-refractivity contribution in [3.63, 3.8) is 0 Å². The normalized spacial score (nSPS) is 12.0. The number of rotatable bonds is 5. The number of carbonyl (C=O) groups is 1. The van der Waals surface area contributed by atoms with Gasteiger partial charge in [-0.3, -0.25) is 0 Å². The highest BCUT2D eigenvalue weighted by Gasteiger charge is 2.12. The maximum Gasteiger partial charge on any atom is 0.340 e. The van der Waals surface area contributed by atoms with Crippen molar-refractivity contribution >= 4 is 11.7 Å². The smallest absolute Gasteiger partial charge is 0.340 e. The zero-order valence-electron chi connectivity index (χ0n) is 9.31. The first-order chi connectivity index (χ1) is 8.08. The molecule has 1 atom stereocenters. The topological polar surface area (TPSA) is 78.8 Å². The third-order valence-corrected chi connectivity index (χ3v) is 2.13. The van der Waals surface area contributed by atoms with Gasteiger partial charge in [-0.25, -0.2) is 9.18 Å². The number of halogens is 1. The van der Waals surface area contributed by atoms with E-state index in [1.807, 2.05) is 0 Å². The van der Waals surface area contributed by atoms with Gasteiger partial charge in [0.2, 0.25) is 0 Å². The third-order valence-electron chi connectivity index (χ3n) is 2.13. The van der Waals surface area contributed by atoms with Crippen LogP contribution in [-0.2, 0) is 4.74 Å². The highest BCUT2D eigenvalue weighted by Crippen LogP contribution is 2.15. The number of aliphatic hydroxyl groups is 2. The van der Waals surface area contributed by atoms with Crippen LogP contribution in [0.3, 0.4) is 0 Å². The first-order valence-corrected chi connectivity index (χ1v) is 4.99. The van der Waals surface area contributed by atoms with Gasteiger partial charge in [-0.1, -0.05) is 0 Å². The van der Waals surface area contributed by atoms with Crippen LogP contribution >= 0.6 is 0 Å². The molecule has 3 N–H and O–H groups in total. The van der Waals surface area contributed by atoms with Crippen molar-refractivity contribution in [2.75, 3.05) is 25.6 Å². The number of carbonyl (C=O) groups excluding carboxylic acids is 1. The van der Waals surface area contributed by atoms with Crippen molar-refractivity contribution < 1.29 is 24.1 Å². The summed E-state index contributed by atoms with van der Waals surface area (Å²) < 4.78 is 17.8. The summed E-state index contributed by atoms with van der Waals surface area (Å²) in [6, 6.07) is 3.89. The second-order valence-corrected chi connectivity index (χ2v) is 3.40. The minimum absolute atomic E-state index is 0.0908. The molecule has 0 spiro atoms. The molecule has 0 heterocycles. The predicted molar refractivity (Wildman–Crippen MR) is 59.3 cm³/mol. The summed E-state index contributed by atoms with van der Waals surface area (Å²) in [4.78, 5) is 11.1. The maximum absolute atomic E-state index is 13.4. The largest absolute Gasteiger partial charge is 0.465 e. The molecule has 0 bridgehead atoms. The van der Waals surface area contributed by atoms with Crippen LogP contribution in [0.5, 0.6) is 0 Å². The molecular weight excluding hydrogens is 229 g/mol. The molecule has 0 fully saturated rings. The van der Waals surface area contributed by atoms with Crippen LogP contribution in [0.25, 0.3) is 0 Å². The van der Waals surface area contributed by atoms with Crippen molar-refractivity contribution in [2.45, 2.75) is 6.10 Å². The standard InChI is InChI=1S/C11H14FNO4/c1-17-11(16)9-3-2-7(4-10(9)12)13-5-8(15)6-14/h2-4,8,13-15H,5-6H2,1H3. The zero-order chi connectivity index (χ0) is 12.8. The Hall–Kier alpha value is -1.66. The minimum atomic E-state index is -0.918. The van der Waals surface area contributed by atoms with Crippen molar-refractivity contribution in [2.24, 2.45) is 0 Å². The van der Waals surface area contributed by atoms with E-state index in [4.69, 9.17) is 10.2 Å². The Kier molecular flexibility index (Phi) is 4.86. The van der Waals surface area contributed by atoms with Crippen LogP contribution in [0.1, 0.15) is 10.4 Å². The van der Waals surface area contributed by atoms with Gasteiger partial charge in [0.15, 0.2) is 0 Å². The fourth-order valence-corrected chi connectivity index (χ4v) is 1.20. The van der Waals surface area contributed by atoms with Gasteiger partial charge < -0.3 is 20.3 Å². The minimum Gasteiger partial charge on any atom is -0.465 e. The van der Waals surface area contributed by atoms with E-state index in [2.05, 4.69) is 10.1 Å². The molecule has 1 aromatic carbocycles. The van der Waals surface area contributed by atoms with Gasteiger partial charge in [0, 0.05) is 12.2 Å². The molecule has 1 rings (SSSR count). The number of methoxy groups -OCH3 is 1. The van der Waals surface area contributed by atoms with E-state index in [1.165, 1.54) is 19.2 Å². The van der Waals surface area contributed by atoms with E-state index >= 15 is 0 Å². The lowest BCUT2D eigenvalue weighted by molar-refractivity contribution is 0.0595. The first kappa shape index (κ1) is 13.4. The first-order valence-electron chi connectivity index (χ1n) is 4.99. The van der Waals surface area contributed by atoms with Gasteiger partial charge >= 0.3 is 5.97 Å². The molecule has 0 aliphatic heterocycles. The average molecular weight is 243 g/mol.